The average molecular weight is 386 g/mol. The van der Waals surface area contributed by atoms with Crippen LogP contribution in [-0.2, 0) is 6.42 Å². The first kappa shape index (κ1) is 19.6. The molecule has 144 valence electrons. The van der Waals surface area contributed by atoms with Crippen molar-refractivity contribution in [2.75, 3.05) is 26.5 Å². The highest BCUT2D eigenvalue weighted by Gasteiger charge is 2.33. The quantitative estimate of drug-likeness (QED) is 0.677. The van der Waals surface area contributed by atoms with Crippen LogP contribution in [0.4, 0.5) is 0 Å². The van der Waals surface area contributed by atoms with Gasteiger partial charge in [0, 0.05) is 29.5 Å². The van der Waals surface area contributed by atoms with Crippen LogP contribution in [-0.4, -0.2) is 37.3 Å². The standard InChI is InChI=1S/C22H27NO3S/c1-4-5-6-16-7-9-17(10-8-16)21(24)23-13-14-27-22(23)19-12-11-18(25-2)15-20(19)26-3/h7-12,15,22H,4-6,13-14H2,1-3H3/t22-/m1/s1. The lowest BCUT2D eigenvalue weighted by Crippen LogP contribution is -2.30. The van der Waals surface area contributed by atoms with Gasteiger partial charge in [0.15, 0.2) is 0 Å². The summed E-state index contributed by atoms with van der Waals surface area (Å²) in [7, 11) is 3.29. The second kappa shape index (κ2) is 9.18. The minimum atomic E-state index is -0.0434. The molecule has 0 saturated carbocycles. The molecule has 0 unspecified atom stereocenters. The van der Waals surface area contributed by atoms with Crippen molar-refractivity contribution in [2.45, 2.75) is 31.6 Å². The smallest absolute Gasteiger partial charge is 0.255 e. The van der Waals surface area contributed by atoms with Crippen LogP contribution in [0.3, 0.4) is 0 Å². The van der Waals surface area contributed by atoms with Gasteiger partial charge in [-0.15, -0.1) is 11.8 Å². The zero-order chi connectivity index (χ0) is 19.2. The highest BCUT2D eigenvalue weighted by molar-refractivity contribution is 7.99. The molecule has 2 aromatic rings. The predicted molar refractivity (Wildman–Crippen MR) is 111 cm³/mol. The maximum Gasteiger partial charge on any atom is 0.255 e. The number of hydrogen-bond acceptors (Lipinski definition) is 4. The van der Waals surface area contributed by atoms with Crippen molar-refractivity contribution in [3.05, 3.63) is 59.2 Å². The molecule has 3 rings (SSSR count). The van der Waals surface area contributed by atoms with Gasteiger partial charge in [0.05, 0.1) is 14.2 Å². The van der Waals surface area contributed by atoms with E-state index >= 15 is 0 Å². The van der Waals surface area contributed by atoms with Gasteiger partial charge in [0.2, 0.25) is 0 Å². The van der Waals surface area contributed by atoms with Crippen LogP contribution in [0.15, 0.2) is 42.5 Å². The summed E-state index contributed by atoms with van der Waals surface area (Å²) < 4.78 is 10.8. The molecule has 1 heterocycles. The summed E-state index contributed by atoms with van der Waals surface area (Å²) in [6.07, 6.45) is 3.42. The molecule has 4 nitrogen and oxygen atoms in total. The molecular formula is C22H27NO3S. The Balaban J connectivity index is 1.80. The van der Waals surface area contributed by atoms with Crippen molar-refractivity contribution in [1.82, 2.24) is 4.90 Å². The summed E-state index contributed by atoms with van der Waals surface area (Å²) in [5.41, 5.74) is 3.04. The fraction of sp³-hybridized carbons (Fsp3) is 0.409. The van der Waals surface area contributed by atoms with Crippen LogP contribution in [0, 0.1) is 0 Å². The topological polar surface area (TPSA) is 38.8 Å². The fourth-order valence-corrected chi connectivity index (χ4v) is 4.60. The number of ether oxygens (including phenoxy) is 2. The van der Waals surface area contributed by atoms with E-state index in [0.717, 1.165) is 41.3 Å². The molecule has 0 N–H and O–H groups in total. The number of nitrogens with zero attached hydrogens (tertiary/aromatic N) is 1. The van der Waals surface area contributed by atoms with Crippen LogP contribution >= 0.6 is 11.8 Å². The van der Waals surface area contributed by atoms with Gasteiger partial charge < -0.3 is 14.4 Å². The molecule has 1 fully saturated rings. The zero-order valence-corrected chi connectivity index (χ0v) is 17.1. The van der Waals surface area contributed by atoms with Crippen LogP contribution in [0.2, 0.25) is 0 Å². The Labute approximate surface area is 165 Å². The van der Waals surface area contributed by atoms with E-state index in [1.807, 2.05) is 35.2 Å². The number of methoxy groups -OCH3 is 2. The molecule has 5 heteroatoms. The van der Waals surface area contributed by atoms with Gasteiger partial charge in [0.1, 0.15) is 16.9 Å². The number of carbonyl (C=O) groups is 1. The maximum absolute atomic E-state index is 13.1. The highest BCUT2D eigenvalue weighted by atomic mass is 32.2. The van der Waals surface area contributed by atoms with Crippen molar-refractivity contribution in [3.8, 4) is 11.5 Å². The Morgan fingerprint density at radius 1 is 1.15 bits per heavy atom. The van der Waals surface area contributed by atoms with Crippen LogP contribution in [0.1, 0.15) is 46.6 Å². The lowest BCUT2D eigenvalue weighted by atomic mass is 10.1. The third kappa shape index (κ3) is 4.41. The summed E-state index contributed by atoms with van der Waals surface area (Å²) in [5, 5.41) is -0.0434. The summed E-state index contributed by atoms with van der Waals surface area (Å²) in [6, 6.07) is 13.9. The molecule has 0 aromatic heterocycles. The van der Waals surface area contributed by atoms with Gasteiger partial charge in [-0.2, -0.15) is 0 Å². The van der Waals surface area contributed by atoms with E-state index in [0.29, 0.717) is 0 Å². The number of aryl methyl sites for hydroxylation is 1. The molecule has 0 radical (unpaired) electrons. The Morgan fingerprint density at radius 2 is 1.93 bits per heavy atom. The molecule has 27 heavy (non-hydrogen) atoms. The van der Waals surface area contributed by atoms with E-state index in [9.17, 15) is 4.79 Å². The molecule has 1 aliphatic heterocycles. The number of unbranched alkanes of at least 4 members (excludes halogenated alkanes) is 1. The first-order chi connectivity index (χ1) is 13.2. The van der Waals surface area contributed by atoms with Gasteiger partial charge in [-0.3, -0.25) is 4.79 Å². The summed E-state index contributed by atoms with van der Waals surface area (Å²) in [6.45, 7) is 2.93. The number of rotatable bonds is 7. The second-order valence-corrected chi connectivity index (χ2v) is 7.82. The Morgan fingerprint density at radius 3 is 2.59 bits per heavy atom. The van der Waals surface area contributed by atoms with Gasteiger partial charge in [-0.1, -0.05) is 25.5 Å². The molecule has 1 atom stereocenters. The van der Waals surface area contributed by atoms with Crippen molar-refractivity contribution >= 4 is 17.7 Å². The summed E-state index contributed by atoms with van der Waals surface area (Å²) in [4.78, 5) is 15.1. The Hall–Kier alpha value is -2.14. The summed E-state index contributed by atoms with van der Waals surface area (Å²) in [5.74, 6) is 2.49. The minimum absolute atomic E-state index is 0.0434. The molecule has 0 aliphatic carbocycles. The lowest BCUT2D eigenvalue weighted by Gasteiger charge is -2.26. The Kier molecular flexibility index (Phi) is 6.67. The number of benzene rings is 2. The molecule has 2 aromatic carbocycles. The average Bonchev–Trinajstić information content (AvgIpc) is 3.21. The monoisotopic (exact) mass is 385 g/mol. The van der Waals surface area contributed by atoms with E-state index in [-0.39, 0.29) is 11.3 Å². The normalized spacial score (nSPS) is 16.4. The third-order valence-corrected chi connectivity index (χ3v) is 6.12. The van der Waals surface area contributed by atoms with Crippen LogP contribution in [0.25, 0.3) is 0 Å². The maximum atomic E-state index is 13.1. The minimum Gasteiger partial charge on any atom is -0.497 e. The van der Waals surface area contributed by atoms with Crippen LogP contribution < -0.4 is 9.47 Å². The number of thioether (sulfide) groups is 1. The van der Waals surface area contributed by atoms with Gasteiger partial charge >= 0.3 is 0 Å². The van der Waals surface area contributed by atoms with Crippen molar-refractivity contribution in [1.29, 1.82) is 0 Å². The zero-order valence-electron chi connectivity index (χ0n) is 16.2. The summed E-state index contributed by atoms with van der Waals surface area (Å²) >= 11 is 1.77. The Bertz CT molecular complexity index is 776. The van der Waals surface area contributed by atoms with Gasteiger partial charge in [-0.05, 0) is 42.7 Å². The molecule has 0 bridgehead atoms. The molecule has 1 aliphatic rings. The first-order valence-electron chi connectivity index (χ1n) is 9.41. The predicted octanol–water partition coefficient (Wildman–Crippen LogP) is 4.93. The van der Waals surface area contributed by atoms with Crippen molar-refractivity contribution < 1.29 is 14.3 Å². The van der Waals surface area contributed by atoms with E-state index < -0.39 is 0 Å². The molecule has 0 spiro atoms. The van der Waals surface area contributed by atoms with E-state index in [4.69, 9.17) is 9.47 Å². The number of hydrogen-bond donors (Lipinski definition) is 0. The SMILES string of the molecule is CCCCc1ccc(C(=O)N2CCS[C@@H]2c2ccc(OC)cc2OC)cc1. The number of amides is 1. The van der Waals surface area contributed by atoms with E-state index in [2.05, 4.69) is 19.1 Å². The van der Waals surface area contributed by atoms with Crippen molar-refractivity contribution in [2.24, 2.45) is 0 Å². The lowest BCUT2D eigenvalue weighted by molar-refractivity contribution is 0.0759. The molecular weight excluding hydrogens is 358 g/mol. The third-order valence-electron chi connectivity index (χ3n) is 4.88. The highest BCUT2D eigenvalue weighted by Crippen LogP contribution is 2.43. The van der Waals surface area contributed by atoms with E-state index in [1.165, 1.54) is 18.4 Å². The molecule has 1 saturated heterocycles. The van der Waals surface area contributed by atoms with Gasteiger partial charge in [-0.25, -0.2) is 0 Å². The van der Waals surface area contributed by atoms with E-state index in [1.54, 1.807) is 26.0 Å². The second-order valence-electron chi connectivity index (χ2n) is 6.63. The van der Waals surface area contributed by atoms with Gasteiger partial charge in [0.25, 0.3) is 5.91 Å². The van der Waals surface area contributed by atoms with Crippen molar-refractivity contribution in [3.63, 3.8) is 0 Å². The largest absolute Gasteiger partial charge is 0.497 e. The number of carbonyl (C=O) groups excluding carboxylic acids is 1. The fourth-order valence-electron chi connectivity index (χ4n) is 3.32. The van der Waals surface area contributed by atoms with Crippen LogP contribution in [0.5, 0.6) is 11.5 Å². The first-order valence-corrected chi connectivity index (χ1v) is 10.5. The molecule has 1 amide bonds.